The minimum absolute atomic E-state index is 0.0824. The van der Waals surface area contributed by atoms with Crippen LogP contribution in [-0.4, -0.2) is 11.2 Å². The van der Waals surface area contributed by atoms with E-state index in [1.807, 2.05) is 0 Å². The predicted octanol–water partition coefficient (Wildman–Crippen LogP) is 4.87. The number of fused-ring (bicyclic) bond motifs is 5. The van der Waals surface area contributed by atoms with Crippen molar-refractivity contribution in [3.05, 3.63) is 23.8 Å². The molecule has 6 atom stereocenters. The lowest BCUT2D eigenvalue weighted by Gasteiger charge is -2.57. The Morgan fingerprint density at radius 2 is 1.81 bits per heavy atom. The Morgan fingerprint density at radius 3 is 2.62 bits per heavy atom. The van der Waals surface area contributed by atoms with Crippen molar-refractivity contribution in [3.8, 4) is 0 Å². The third-order valence-electron chi connectivity index (χ3n) is 8.03. The number of hydrogen-bond donors (Lipinski definition) is 1. The molecule has 0 aromatic heterocycles. The number of rotatable bonds is 0. The van der Waals surface area contributed by atoms with Gasteiger partial charge in [-0.3, -0.25) is 0 Å². The van der Waals surface area contributed by atoms with E-state index in [0.29, 0.717) is 10.8 Å². The topological polar surface area (TPSA) is 20.2 Å². The van der Waals surface area contributed by atoms with Gasteiger partial charge in [0.25, 0.3) is 0 Å². The molecule has 21 heavy (non-hydrogen) atoms. The van der Waals surface area contributed by atoms with Gasteiger partial charge in [-0.15, -0.1) is 0 Å². The van der Waals surface area contributed by atoms with Crippen LogP contribution in [0.2, 0.25) is 0 Å². The number of aliphatic hydroxyl groups excluding tert-OH is 1. The van der Waals surface area contributed by atoms with Crippen molar-refractivity contribution in [2.24, 2.45) is 28.6 Å². The lowest BCUT2D eigenvalue weighted by molar-refractivity contribution is -0.0267. The van der Waals surface area contributed by atoms with Crippen LogP contribution in [0.25, 0.3) is 0 Å². The summed E-state index contributed by atoms with van der Waals surface area (Å²) < 4.78 is 0. The van der Waals surface area contributed by atoms with Crippen LogP contribution in [0.5, 0.6) is 0 Å². The van der Waals surface area contributed by atoms with Gasteiger partial charge in [-0.05, 0) is 80.0 Å². The van der Waals surface area contributed by atoms with E-state index < -0.39 is 0 Å². The van der Waals surface area contributed by atoms with Crippen LogP contribution >= 0.6 is 0 Å². The monoisotopic (exact) mass is 286 g/mol. The molecule has 0 heterocycles. The van der Waals surface area contributed by atoms with Crippen molar-refractivity contribution in [2.45, 2.75) is 71.3 Å². The molecule has 1 heteroatoms. The minimum Gasteiger partial charge on any atom is -0.393 e. The summed E-state index contributed by atoms with van der Waals surface area (Å²) in [5, 5.41) is 10.0. The normalized spacial score (nSPS) is 52.7. The van der Waals surface area contributed by atoms with Gasteiger partial charge in [-0.2, -0.15) is 0 Å². The van der Waals surface area contributed by atoms with Crippen LogP contribution in [0.1, 0.15) is 65.2 Å². The van der Waals surface area contributed by atoms with Gasteiger partial charge in [-0.1, -0.05) is 37.6 Å². The summed E-state index contributed by atoms with van der Waals surface area (Å²) in [6.45, 7) is 9.41. The first kappa shape index (κ1) is 14.1. The van der Waals surface area contributed by atoms with Crippen LogP contribution in [0, 0.1) is 28.6 Å². The molecular formula is C20H30O. The molecule has 0 aromatic rings. The van der Waals surface area contributed by atoms with Gasteiger partial charge >= 0.3 is 0 Å². The summed E-state index contributed by atoms with van der Waals surface area (Å²) in [6, 6.07) is 0. The van der Waals surface area contributed by atoms with Gasteiger partial charge < -0.3 is 5.11 Å². The summed E-state index contributed by atoms with van der Waals surface area (Å²) in [4.78, 5) is 0. The molecule has 3 saturated carbocycles. The Kier molecular flexibility index (Phi) is 2.99. The molecule has 1 nitrogen and oxygen atoms in total. The molecule has 0 unspecified atom stereocenters. The van der Waals surface area contributed by atoms with E-state index in [1.165, 1.54) is 44.1 Å². The molecule has 4 aliphatic carbocycles. The molecular weight excluding hydrogens is 256 g/mol. The second-order valence-corrected chi connectivity index (χ2v) is 8.75. The average Bonchev–Trinajstić information content (AvgIpc) is 2.76. The SMILES string of the molecule is C=C1CC[C@H]2[C@@H]3CC=C4C[C@@H](O)CC[C@]4(C)[C@H]3CC[C@@]12C. The first-order chi connectivity index (χ1) is 9.95. The fourth-order valence-electron chi connectivity index (χ4n) is 6.55. The van der Waals surface area contributed by atoms with Crippen molar-refractivity contribution in [1.29, 1.82) is 0 Å². The van der Waals surface area contributed by atoms with Gasteiger partial charge in [0.2, 0.25) is 0 Å². The third-order valence-corrected chi connectivity index (χ3v) is 8.03. The molecule has 0 aromatic carbocycles. The molecule has 0 amide bonds. The van der Waals surface area contributed by atoms with Crippen LogP contribution < -0.4 is 0 Å². The molecule has 0 aliphatic heterocycles. The largest absolute Gasteiger partial charge is 0.393 e. The number of allylic oxidation sites excluding steroid dienone is 2. The van der Waals surface area contributed by atoms with E-state index >= 15 is 0 Å². The molecule has 4 aliphatic rings. The van der Waals surface area contributed by atoms with E-state index in [2.05, 4.69) is 26.5 Å². The van der Waals surface area contributed by atoms with Crippen molar-refractivity contribution < 1.29 is 5.11 Å². The van der Waals surface area contributed by atoms with Crippen LogP contribution in [0.4, 0.5) is 0 Å². The van der Waals surface area contributed by atoms with E-state index in [1.54, 1.807) is 5.57 Å². The molecule has 0 radical (unpaired) electrons. The highest BCUT2D eigenvalue weighted by atomic mass is 16.3. The Labute approximate surface area is 129 Å². The van der Waals surface area contributed by atoms with Crippen molar-refractivity contribution in [3.63, 3.8) is 0 Å². The van der Waals surface area contributed by atoms with E-state index in [0.717, 1.165) is 30.6 Å². The van der Waals surface area contributed by atoms with Crippen molar-refractivity contribution >= 4 is 0 Å². The van der Waals surface area contributed by atoms with Crippen molar-refractivity contribution in [2.75, 3.05) is 0 Å². The summed E-state index contributed by atoms with van der Waals surface area (Å²) in [5.74, 6) is 2.59. The molecule has 3 fully saturated rings. The second-order valence-electron chi connectivity index (χ2n) is 8.75. The van der Waals surface area contributed by atoms with Gasteiger partial charge in [0.1, 0.15) is 0 Å². The van der Waals surface area contributed by atoms with Gasteiger partial charge in [0.05, 0.1) is 6.10 Å². The predicted molar refractivity (Wildman–Crippen MR) is 86.8 cm³/mol. The van der Waals surface area contributed by atoms with Gasteiger partial charge in [-0.25, -0.2) is 0 Å². The van der Waals surface area contributed by atoms with Gasteiger partial charge in [0, 0.05) is 0 Å². The van der Waals surface area contributed by atoms with E-state index in [9.17, 15) is 5.11 Å². The second kappa shape index (κ2) is 4.47. The molecule has 116 valence electrons. The van der Waals surface area contributed by atoms with Crippen LogP contribution in [0.3, 0.4) is 0 Å². The summed E-state index contributed by atoms with van der Waals surface area (Å²) in [6.07, 6.45) is 12.2. The van der Waals surface area contributed by atoms with Crippen molar-refractivity contribution in [1.82, 2.24) is 0 Å². The zero-order valence-corrected chi connectivity index (χ0v) is 13.7. The van der Waals surface area contributed by atoms with E-state index in [-0.39, 0.29) is 6.10 Å². The Balaban J connectivity index is 1.69. The third kappa shape index (κ3) is 1.79. The Hall–Kier alpha value is -0.560. The maximum absolute atomic E-state index is 10.0. The molecule has 4 rings (SSSR count). The zero-order valence-electron chi connectivity index (χ0n) is 13.7. The number of aliphatic hydroxyl groups is 1. The minimum atomic E-state index is -0.0824. The molecule has 0 saturated heterocycles. The lowest BCUT2D eigenvalue weighted by atomic mass is 9.48. The fourth-order valence-corrected chi connectivity index (χ4v) is 6.55. The fraction of sp³-hybridized carbons (Fsp3) is 0.800. The summed E-state index contributed by atoms with van der Waals surface area (Å²) in [5.41, 5.74) is 3.93. The van der Waals surface area contributed by atoms with Gasteiger partial charge in [0.15, 0.2) is 0 Å². The first-order valence-corrected chi connectivity index (χ1v) is 9.01. The standard InChI is InChI=1S/C20H30O/c1-13-4-7-17-16-6-5-14-12-15(21)8-10-20(14,3)18(16)9-11-19(13,17)2/h5,15-18,21H,1,4,6-12H2,2-3H3/t15-,16-,17-,18-,19-,20-/m0/s1. The molecule has 0 bridgehead atoms. The quantitative estimate of drug-likeness (QED) is 0.630. The Morgan fingerprint density at radius 1 is 1.10 bits per heavy atom. The molecule has 0 spiro atoms. The smallest absolute Gasteiger partial charge is 0.0577 e. The Bertz CT molecular complexity index is 504. The number of hydrogen-bond acceptors (Lipinski definition) is 1. The first-order valence-electron chi connectivity index (χ1n) is 9.01. The van der Waals surface area contributed by atoms with Crippen LogP contribution in [0.15, 0.2) is 23.8 Å². The van der Waals surface area contributed by atoms with E-state index in [4.69, 9.17) is 0 Å². The molecule has 1 N–H and O–H groups in total. The highest BCUT2D eigenvalue weighted by Crippen LogP contribution is 2.65. The lowest BCUT2D eigenvalue weighted by Crippen LogP contribution is -2.49. The highest BCUT2D eigenvalue weighted by molar-refractivity contribution is 5.28. The zero-order chi connectivity index (χ0) is 14.8. The maximum Gasteiger partial charge on any atom is 0.0577 e. The highest BCUT2D eigenvalue weighted by Gasteiger charge is 2.56. The summed E-state index contributed by atoms with van der Waals surface area (Å²) in [7, 11) is 0. The average molecular weight is 286 g/mol. The maximum atomic E-state index is 10.0. The summed E-state index contributed by atoms with van der Waals surface area (Å²) >= 11 is 0. The van der Waals surface area contributed by atoms with Crippen LogP contribution in [-0.2, 0) is 0 Å².